The first-order valence-corrected chi connectivity index (χ1v) is 5.32. The van der Waals surface area contributed by atoms with Gasteiger partial charge in [-0.05, 0) is 13.0 Å². The molecule has 3 nitrogen and oxygen atoms in total. The Morgan fingerprint density at radius 1 is 1.50 bits per heavy atom. The van der Waals surface area contributed by atoms with Crippen molar-refractivity contribution in [3.8, 4) is 5.75 Å². The minimum Gasteiger partial charge on any atom is -0.434 e. The molecule has 0 saturated carbocycles. The van der Waals surface area contributed by atoms with Crippen molar-refractivity contribution in [3.05, 3.63) is 23.8 Å². The highest BCUT2D eigenvalue weighted by molar-refractivity contribution is 9.09. The maximum atomic E-state index is 12.1. The molecular weight excluding hydrogens is 284 g/mol. The van der Waals surface area contributed by atoms with Crippen LogP contribution in [0.5, 0.6) is 5.75 Å². The van der Waals surface area contributed by atoms with Crippen LogP contribution in [0, 0.1) is 0 Å². The molecule has 2 N–H and O–H groups in total. The summed E-state index contributed by atoms with van der Waals surface area (Å²) in [5.41, 5.74) is 6.08. The van der Waals surface area contributed by atoms with Gasteiger partial charge in [0.2, 0.25) is 0 Å². The molecule has 0 aliphatic heterocycles. The van der Waals surface area contributed by atoms with E-state index in [4.69, 9.17) is 5.73 Å². The minimum atomic E-state index is -2.95. The number of anilines is 1. The second-order valence-electron chi connectivity index (χ2n) is 3.15. The average Bonchev–Trinajstić information content (AvgIpc) is 2.15. The Morgan fingerprint density at radius 2 is 2.12 bits per heavy atom. The highest BCUT2D eigenvalue weighted by Gasteiger charge is 2.19. The molecule has 1 rings (SSSR count). The van der Waals surface area contributed by atoms with Crippen molar-refractivity contribution in [1.82, 2.24) is 0 Å². The molecule has 88 valence electrons. The van der Waals surface area contributed by atoms with Crippen LogP contribution in [-0.4, -0.2) is 12.4 Å². The van der Waals surface area contributed by atoms with Crippen molar-refractivity contribution in [2.75, 3.05) is 5.73 Å². The van der Waals surface area contributed by atoms with E-state index >= 15 is 0 Å². The first-order valence-electron chi connectivity index (χ1n) is 4.40. The maximum Gasteiger partial charge on any atom is 0.387 e. The number of carbonyl (C=O) groups excluding carboxylic acids is 1. The summed E-state index contributed by atoms with van der Waals surface area (Å²) in [6.45, 7) is -1.60. The Bertz CT molecular complexity index is 398. The summed E-state index contributed by atoms with van der Waals surface area (Å²) in [5, 5.41) is 0. The van der Waals surface area contributed by atoms with Crippen molar-refractivity contribution in [2.24, 2.45) is 0 Å². The lowest BCUT2D eigenvalue weighted by Crippen LogP contribution is -2.08. The average molecular weight is 294 g/mol. The Labute approximate surface area is 99.7 Å². The number of hydrogen-bond donors (Lipinski definition) is 1. The molecule has 0 aliphatic rings. The molecule has 1 aromatic rings. The van der Waals surface area contributed by atoms with Crippen LogP contribution < -0.4 is 10.5 Å². The van der Waals surface area contributed by atoms with Crippen molar-refractivity contribution in [3.63, 3.8) is 0 Å². The van der Waals surface area contributed by atoms with E-state index in [-0.39, 0.29) is 11.5 Å². The normalized spacial score (nSPS) is 12.6. The number of Topliss-reactive ketones (excluding diaryl/α,β-unsaturated/α-hetero) is 1. The van der Waals surface area contributed by atoms with Gasteiger partial charge in [0, 0.05) is 17.3 Å². The highest BCUT2D eigenvalue weighted by atomic mass is 79.9. The van der Waals surface area contributed by atoms with E-state index in [0.29, 0.717) is 11.3 Å². The van der Waals surface area contributed by atoms with E-state index in [1.165, 1.54) is 25.1 Å². The molecule has 1 atom stereocenters. The standard InChI is InChI=1S/C10H10BrF2NO2/c1-5(15)9(11)7-3-2-6(14)4-8(7)16-10(12)13/h2-4,9-10H,14H2,1H3. The van der Waals surface area contributed by atoms with E-state index in [2.05, 4.69) is 20.7 Å². The molecule has 0 aliphatic carbocycles. The molecule has 0 aromatic heterocycles. The van der Waals surface area contributed by atoms with E-state index in [1.54, 1.807) is 0 Å². The van der Waals surface area contributed by atoms with Crippen LogP contribution in [-0.2, 0) is 4.79 Å². The molecular formula is C10H10BrF2NO2. The number of halogens is 3. The Balaban J connectivity index is 3.11. The summed E-state index contributed by atoms with van der Waals surface area (Å²) >= 11 is 3.10. The summed E-state index contributed by atoms with van der Waals surface area (Å²) < 4.78 is 28.6. The van der Waals surface area contributed by atoms with Gasteiger partial charge in [0.15, 0.2) is 0 Å². The molecule has 0 bridgehead atoms. The molecule has 0 amide bonds. The number of ether oxygens (including phenoxy) is 1. The number of nitrogens with two attached hydrogens (primary N) is 1. The predicted molar refractivity (Wildman–Crippen MR) is 59.8 cm³/mol. The second-order valence-corrected chi connectivity index (χ2v) is 4.06. The third kappa shape index (κ3) is 3.16. The first kappa shape index (κ1) is 12.9. The van der Waals surface area contributed by atoms with Gasteiger partial charge >= 0.3 is 6.61 Å². The van der Waals surface area contributed by atoms with E-state index in [1.807, 2.05) is 0 Å². The quantitative estimate of drug-likeness (QED) is 0.686. The van der Waals surface area contributed by atoms with Gasteiger partial charge in [-0.3, -0.25) is 4.79 Å². The molecule has 0 radical (unpaired) electrons. The van der Waals surface area contributed by atoms with Crippen molar-refractivity contribution in [1.29, 1.82) is 0 Å². The van der Waals surface area contributed by atoms with Crippen molar-refractivity contribution < 1.29 is 18.3 Å². The largest absolute Gasteiger partial charge is 0.434 e. The highest BCUT2D eigenvalue weighted by Crippen LogP contribution is 2.34. The lowest BCUT2D eigenvalue weighted by atomic mass is 10.1. The predicted octanol–water partition coefficient (Wildman–Crippen LogP) is 2.90. The Hall–Kier alpha value is -1.17. The molecule has 0 saturated heterocycles. The summed E-state index contributed by atoms with van der Waals surface area (Å²) in [5.74, 6) is -0.295. The molecule has 1 aromatic carbocycles. The van der Waals surface area contributed by atoms with Gasteiger partial charge in [-0.1, -0.05) is 22.0 Å². The van der Waals surface area contributed by atoms with Crippen LogP contribution in [0.25, 0.3) is 0 Å². The zero-order valence-electron chi connectivity index (χ0n) is 8.41. The van der Waals surface area contributed by atoms with E-state index in [0.717, 1.165) is 0 Å². The van der Waals surface area contributed by atoms with Crippen LogP contribution in [0.1, 0.15) is 17.3 Å². The molecule has 16 heavy (non-hydrogen) atoms. The van der Waals surface area contributed by atoms with Gasteiger partial charge in [-0.25, -0.2) is 0 Å². The van der Waals surface area contributed by atoms with Crippen LogP contribution in [0.2, 0.25) is 0 Å². The maximum absolute atomic E-state index is 12.1. The fraction of sp³-hybridized carbons (Fsp3) is 0.300. The number of alkyl halides is 3. The molecule has 1 unspecified atom stereocenters. The van der Waals surface area contributed by atoms with Gasteiger partial charge in [-0.15, -0.1) is 0 Å². The third-order valence-electron chi connectivity index (χ3n) is 1.88. The van der Waals surface area contributed by atoms with Crippen LogP contribution in [0.15, 0.2) is 18.2 Å². The molecule has 0 spiro atoms. The van der Waals surface area contributed by atoms with Gasteiger partial charge in [0.1, 0.15) is 16.4 Å². The third-order valence-corrected chi connectivity index (χ3v) is 3.02. The molecule has 0 fully saturated rings. The summed E-state index contributed by atoms with van der Waals surface area (Å²) in [7, 11) is 0. The lowest BCUT2D eigenvalue weighted by Gasteiger charge is -2.14. The molecule has 6 heteroatoms. The number of carbonyl (C=O) groups is 1. The summed E-state index contributed by atoms with van der Waals surface area (Å²) in [6.07, 6.45) is 0. The first-order chi connectivity index (χ1) is 7.41. The second kappa shape index (κ2) is 5.25. The molecule has 0 heterocycles. The van der Waals surface area contributed by atoms with Crippen LogP contribution in [0.3, 0.4) is 0 Å². The number of benzene rings is 1. The van der Waals surface area contributed by atoms with Gasteiger partial charge in [0.05, 0.1) is 0 Å². The monoisotopic (exact) mass is 293 g/mol. The van der Waals surface area contributed by atoms with Crippen molar-refractivity contribution in [2.45, 2.75) is 18.4 Å². The Kier molecular flexibility index (Phi) is 4.23. The topological polar surface area (TPSA) is 52.3 Å². The van der Waals surface area contributed by atoms with E-state index < -0.39 is 11.4 Å². The van der Waals surface area contributed by atoms with E-state index in [9.17, 15) is 13.6 Å². The number of ketones is 1. The zero-order valence-corrected chi connectivity index (χ0v) is 10.0. The smallest absolute Gasteiger partial charge is 0.387 e. The van der Waals surface area contributed by atoms with Crippen molar-refractivity contribution >= 4 is 27.4 Å². The minimum absolute atomic E-state index is 0.0907. The number of hydrogen-bond acceptors (Lipinski definition) is 3. The fourth-order valence-electron chi connectivity index (χ4n) is 1.18. The summed E-state index contributed by atoms with van der Waals surface area (Å²) in [6, 6.07) is 4.26. The Morgan fingerprint density at radius 3 is 2.62 bits per heavy atom. The van der Waals surface area contributed by atoms with Gasteiger partial charge in [-0.2, -0.15) is 8.78 Å². The zero-order chi connectivity index (χ0) is 12.3. The summed E-state index contributed by atoms with van der Waals surface area (Å²) in [4.78, 5) is 10.5. The van der Waals surface area contributed by atoms with Crippen LogP contribution in [0.4, 0.5) is 14.5 Å². The van der Waals surface area contributed by atoms with Gasteiger partial charge in [0.25, 0.3) is 0 Å². The SMILES string of the molecule is CC(=O)C(Br)c1ccc(N)cc1OC(F)F. The lowest BCUT2D eigenvalue weighted by molar-refractivity contribution is -0.116. The fourth-order valence-corrected chi connectivity index (χ4v) is 1.56. The van der Waals surface area contributed by atoms with Gasteiger partial charge < -0.3 is 10.5 Å². The number of nitrogen functional groups attached to an aromatic ring is 1. The number of rotatable bonds is 4. The van der Waals surface area contributed by atoms with Crippen LogP contribution >= 0.6 is 15.9 Å².